The topological polar surface area (TPSA) is 48.1 Å². The fourth-order valence-corrected chi connectivity index (χ4v) is 4.67. The van der Waals surface area contributed by atoms with Crippen LogP contribution >= 0.6 is 11.3 Å². The van der Waals surface area contributed by atoms with Gasteiger partial charge >= 0.3 is 0 Å². The van der Waals surface area contributed by atoms with Gasteiger partial charge < -0.3 is 10.5 Å². The molecule has 3 nitrogen and oxygen atoms in total. The summed E-state index contributed by atoms with van der Waals surface area (Å²) in [5, 5.41) is 3.26. The van der Waals surface area contributed by atoms with E-state index < -0.39 is 0 Å². The molecule has 27 heavy (non-hydrogen) atoms. The fourth-order valence-electron chi connectivity index (χ4n) is 3.85. The summed E-state index contributed by atoms with van der Waals surface area (Å²) in [6, 6.07) is 10.9. The first kappa shape index (κ1) is 18.1. The van der Waals surface area contributed by atoms with E-state index in [9.17, 15) is 0 Å². The molecule has 0 amide bonds. The molecule has 4 heteroatoms. The first-order valence-corrected chi connectivity index (χ1v) is 10.5. The Morgan fingerprint density at radius 3 is 2.70 bits per heavy atom. The minimum absolute atomic E-state index is 0.756. The molecule has 0 saturated carbocycles. The molecule has 0 saturated heterocycles. The van der Waals surface area contributed by atoms with Crippen molar-refractivity contribution in [2.24, 2.45) is 0 Å². The van der Waals surface area contributed by atoms with Crippen LogP contribution in [0.2, 0.25) is 0 Å². The van der Waals surface area contributed by atoms with Crippen molar-refractivity contribution in [1.82, 2.24) is 4.98 Å². The number of anilines is 1. The third-order valence-corrected chi connectivity index (χ3v) is 6.38. The number of aryl methyl sites for hydroxylation is 3. The van der Waals surface area contributed by atoms with E-state index in [-0.39, 0.29) is 0 Å². The van der Waals surface area contributed by atoms with Crippen LogP contribution in [-0.2, 0) is 19.3 Å². The van der Waals surface area contributed by atoms with Gasteiger partial charge in [0, 0.05) is 34.7 Å². The molecule has 0 unspecified atom stereocenters. The maximum atomic E-state index is 6.01. The quantitative estimate of drug-likeness (QED) is 0.477. The monoisotopic (exact) mass is 378 g/mol. The van der Waals surface area contributed by atoms with E-state index in [0.29, 0.717) is 0 Å². The minimum atomic E-state index is 0.756. The Balaban J connectivity index is 1.59. The van der Waals surface area contributed by atoms with Crippen LogP contribution < -0.4 is 10.5 Å². The number of aromatic nitrogens is 1. The molecule has 0 fully saturated rings. The summed E-state index contributed by atoms with van der Waals surface area (Å²) in [4.78, 5) is 4.91. The Bertz CT molecular complexity index is 961. The number of thiazole rings is 1. The molecular weight excluding hydrogens is 352 g/mol. The molecule has 1 heterocycles. The molecule has 1 aliphatic rings. The van der Waals surface area contributed by atoms with Crippen molar-refractivity contribution in [1.29, 1.82) is 0 Å². The van der Waals surface area contributed by atoms with Crippen LogP contribution in [0, 0.1) is 6.92 Å². The first-order valence-electron chi connectivity index (χ1n) is 9.63. The Morgan fingerprint density at radius 1 is 1.07 bits per heavy atom. The molecule has 140 valence electrons. The lowest BCUT2D eigenvalue weighted by atomic mass is 10.0. The number of rotatable bonds is 4. The lowest BCUT2D eigenvalue weighted by molar-refractivity contribution is 0.410. The van der Waals surface area contributed by atoms with Gasteiger partial charge in [0.1, 0.15) is 10.8 Å². The number of nitrogen functional groups attached to an aromatic ring is 1. The van der Waals surface area contributed by atoms with Crippen molar-refractivity contribution in [3.8, 4) is 16.3 Å². The van der Waals surface area contributed by atoms with Gasteiger partial charge in [-0.3, -0.25) is 0 Å². The number of fused-ring (bicyclic) bond motifs is 1. The lowest BCUT2D eigenvalue weighted by Crippen LogP contribution is -1.98. The lowest BCUT2D eigenvalue weighted by Gasteiger charge is -2.10. The molecule has 0 bridgehead atoms. The average Bonchev–Trinajstić information content (AvgIpc) is 3.00. The second-order valence-corrected chi connectivity index (χ2v) is 8.24. The predicted octanol–water partition coefficient (Wildman–Crippen LogP) is 5.57. The Labute approximate surface area is 165 Å². The van der Waals surface area contributed by atoms with E-state index >= 15 is 0 Å². The molecule has 0 atom stereocenters. The molecule has 0 radical (unpaired) electrons. The van der Waals surface area contributed by atoms with Gasteiger partial charge in [-0.05, 0) is 61.4 Å². The largest absolute Gasteiger partial charge is 0.496 e. The summed E-state index contributed by atoms with van der Waals surface area (Å²) >= 11 is 1.72. The van der Waals surface area contributed by atoms with Crippen LogP contribution in [0.15, 0.2) is 35.7 Å². The van der Waals surface area contributed by atoms with Crippen LogP contribution in [0.25, 0.3) is 10.6 Å². The standard InChI is InChI=1S/C23H26N2OS/c1-15-10-19(22(26-2)13-21(15)24)12-20-14-27-23(25-20)18-9-8-16-6-4-3-5-7-17(16)11-18/h8-11,13-14H,3-7,12,24H2,1-2H3. The molecule has 4 rings (SSSR count). The third-order valence-electron chi connectivity index (χ3n) is 5.44. The number of hydrogen-bond donors (Lipinski definition) is 1. The number of methoxy groups -OCH3 is 1. The van der Waals surface area contributed by atoms with Gasteiger partial charge in [0.25, 0.3) is 0 Å². The van der Waals surface area contributed by atoms with Crippen molar-refractivity contribution in [2.45, 2.75) is 45.4 Å². The number of nitrogens with zero attached hydrogens (tertiary/aromatic N) is 1. The van der Waals surface area contributed by atoms with Crippen molar-refractivity contribution < 1.29 is 4.74 Å². The molecule has 1 aromatic heterocycles. The normalized spacial score (nSPS) is 13.9. The van der Waals surface area contributed by atoms with Gasteiger partial charge in [-0.15, -0.1) is 11.3 Å². The highest BCUT2D eigenvalue weighted by Gasteiger charge is 2.13. The highest BCUT2D eigenvalue weighted by atomic mass is 32.1. The van der Waals surface area contributed by atoms with E-state index in [2.05, 4.69) is 29.6 Å². The zero-order valence-corrected chi connectivity index (χ0v) is 16.9. The number of benzene rings is 2. The fraction of sp³-hybridized carbons (Fsp3) is 0.348. The first-order chi connectivity index (χ1) is 13.1. The summed E-state index contributed by atoms with van der Waals surface area (Å²) < 4.78 is 5.51. The van der Waals surface area contributed by atoms with Crippen LogP contribution in [0.1, 0.15) is 47.2 Å². The van der Waals surface area contributed by atoms with Crippen LogP contribution in [-0.4, -0.2) is 12.1 Å². The highest BCUT2D eigenvalue weighted by Crippen LogP contribution is 2.31. The van der Waals surface area contributed by atoms with Gasteiger partial charge in [0.05, 0.1) is 12.8 Å². The Morgan fingerprint density at radius 2 is 1.89 bits per heavy atom. The van der Waals surface area contributed by atoms with E-state index in [4.69, 9.17) is 15.5 Å². The van der Waals surface area contributed by atoms with E-state index in [1.165, 1.54) is 48.8 Å². The second kappa shape index (κ2) is 7.73. The summed E-state index contributed by atoms with van der Waals surface area (Å²) in [7, 11) is 1.69. The van der Waals surface area contributed by atoms with Crippen molar-refractivity contribution >= 4 is 17.0 Å². The third kappa shape index (κ3) is 3.86. The van der Waals surface area contributed by atoms with Gasteiger partial charge in [-0.25, -0.2) is 4.98 Å². The highest BCUT2D eigenvalue weighted by molar-refractivity contribution is 7.13. The molecule has 2 aromatic carbocycles. The predicted molar refractivity (Wildman–Crippen MR) is 114 cm³/mol. The maximum Gasteiger partial charge on any atom is 0.124 e. The van der Waals surface area contributed by atoms with Crippen molar-refractivity contribution in [2.75, 3.05) is 12.8 Å². The van der Waals surface area contributed by atoms with E-state index in [1.807, 2.05) is 13.0 Å². The number of hydrogen-bond acceptors (Lipinski definition) is 4. The zero-order valence-electron chi connectivity index (χ0n) is 16.0. The number of nitrogens with two attached hydrogens (primary N) is 1. The molecule has 3 aromatic rings. The maximum absolute atomic E-state index is 6.01. The molecule has 0 aliphatic heterocycles. The summed E-state index contributed by atoms with van der Waals surface area (Å²) in [6.45, 7) is 2.03. The Hall–Kier alpha value is -2.33. The van der Waals surface area contributed by atoms with Gasteiger partial charge in [-0.1, -0.05) is 18.6 Å². The number of ether oxygens (including phenoxy) is 1. The average molecular weight is 379 g/mol. The van der Waals surface area contributed by atoms with Gasteiger partial charge in [0.15, 0.2) is 0 Å². The minimum Gasteiger partial charge on any atom is -0.496 e. The van der Waals surface area contributed by atoms with Crippen LogP contribution in [0.4, 0.5) is 5.69 Å². The van der Waals surface area contributed by atoms with E-state index in [0.717, 1.165) is 39.7 Å². The summed E-state index contributed by atoms with van der Waals surface area (Å²) in [5.41, 5.74) is 14.3. The smallest absolute Gasteiger partial charge is 0.124 e. The summed E-state index contributed by atoms with van der Waals surface area (Å²) in [6.07, 6.45) is 7.13. The Kier molecular flexibility index (Phi) is 5.17. The molecular formula is C23H26N2OS. The van der Waals surface area contributed by atoms with Crippen LogP contribution in [0.5, 0.6) is 5.75 Å². The second-order valence-electron chi connectivity index (χ2n) is 7.39. The molecule has 2 N–H and O–H groups in total. The molecule has 1 aliphatic carbocycles. The van der Waals surface area contributed by atoms with Gasteiger partial charge in [-0.2, -0.15) is 0 Å². The molecule has 0 spiro atoms. The van der Waals surface area contributed by atoms with Gasteiger partial charge in [0.2, 0.25) is 0 Å². The summed E-state index contributed by atoms with van der Waals surface area (Å²) in [5.74, 6) is 0.831. The van der Waals surface area contributed by atoms with Crippen LogP contribution in [0.3, 0.4) is 0 Å². The van der Waals surface area contributed by atoms with Crippen molar-refractivity contribution in [3.63, 3.8) is 0 Å². The zero-order chi connectivity index (χ0) is 18.8. The SMILES string of the molecule is COc1cc(N)c(C)cc1Cc1csc(-c2ccc3c(c2)CCCCC3)n1. The van der Waals surface area contributed by atoms with Crippen molar-refractivity contribution in [3.05, 3.63) is 63.7 Å². The van der Waals surface area contributed by atoms with E-state index in [1.54, 1.807) is 18.4 Å².